The third kappa shape index (κ3) is 3.86. The second-order valence-corrected chi connectivity index (χ2v) is 6.26. The molecule has 0 aromatic carbocycles. The fourth-order valence-corrected chi connectivity index (χ4v) is 2.72. The van der Waals surface area contributed by atoms with Crippen LogP contribution in [0.4, 0.5) is 0 Å². The Morgan fingerprint density at radius 1 is 1.43 bits per heavy atom. The number of aromatic nitrogens is 1. The molecule has 116 valence electrons. The Hall–Kier alpha value is -1.78. The van der Waals surface area contributed by atoms with Crippen LogP contribution >= 0.6 is 0 Å². The Balaban J connectivity index is 1.94. The number of carbonyl (C=O) groups excluding carboxylic acids is 1. The summed E-state index contributed by atoms with van der Waals surface area (Å²) in [5.41, 5.74) is 0.633. The second kappa shape index (κ2) is 6.78. The lowest BCUT2D eigenvalue weighted by molar-refractivity contribution is -0.142. The number of nitrogens with one attached hydrogen (secondary N) is 1. The molecule has 1 amide bonds. The number of nitrogens with zero attached hydrogens (tertiary/aromatic N) is 1. The number of hydrogen-bond donors (Lipinski definition) is 2. The number of rotatable bonds is 7. The van der Waals surface area contributed by atoms with Crippen LogP contribution in [-0.2, 0) is 4.79 Å². The minimum atomic E-state index is -0.849. The van der Waals surface area contributed by atoms with Crippen LogP contribution in [0.5, 0.6) is 0 Å². The average Bonchev–Trinajstić information content (AvgIpc) is 2.80. The SMILES string of the molecule is CC(C)CC(CNC(=O)c1cccn1C1CCC1)C(=O)O. The highest BCUT2D eigenvalue weighted by Gasteiger charge is 2.24. The highest BCUT2D eigenvalue weighted by molar-refractivity contribution is 5.93. The monoisotopic (exact) mass is 292 g/mol. The van der Waals surface area contributed by atoms with Gasteiger partial charge < -0.3 is 15.0 Å². The quantitative estimate of drug-likeness (QED) is 0.811. The largest absolute Gasteiger partial charge is 0.481 e. The Labute approximate surface area is 125 Å². The molecule has 1 aromatic heterocycles. The zero-order valence-corrected chi connectivity index (χ0v) is 12.7. The van der Waals surface area contributed by atoms with E-state index in [0.29, 0.717) is 24.1 Å². The molecule has 1 saturated carbocycles. The molecular weight excluding hydrogens is 268 g/mol. The van der Waals surface area contributed by atoms with Gasteiger partial charge in [0.25, 0.3) is 5.91 Å². The van der Waals surface area contributed by atoms with Crippen molar-refractivity contribution in [2.24, 2.45) is 11.8 Å². The molecule has 1 heterocycles. The number of hydrogen-bond acceptors (Lipinski definition) is 2. The van der Waals surface area contributed by atoms with Gasteiger partial charge in [0, 0.05) is 18.8 Å². The molecule has 1 aromatic rings. The van der Waals surface area contributed by atoms with Crippen molar-refractivity contribution in [1.29, 1.82) is 0 Å². The maximum atomic E-state index is 12.3. The van der Waals surface area contributed by atoms with E-state index in [1.54, 1.807) is 6.07 Å². The summed E-state index contributed by atoms with van der Waals surface area (Å²) in [5.74, 6) is -1.26. The summed E-state index contributed by atoms with van der Waals surface area (Å²) in [6.45, 7) is 4.15. The topological polar surface area (TPSA) is 71.3 Å². The fourth-order valence-electron chi connectivity index (χ4n) is 2.72. The first-order valence-electron chi connectivity index (χ1n) is 7.67. The van der Waals surface area contributed by atoms with Crippen molar-refractivity contribution in [2.75, 3.05) is 6.54 Å². The molecule has 5 nitrogen and oxygen atoms in total. The summed E-state index contributed by atoms with van der Waals surface area (Å²) in [4.78, 5) is 23.5. The fraction of sp³-hybridized carbons (Fsp3) is 0.625. The van der Waals surface area contributed by atoms with Crippen LogP contribution in [-0.4, -0.2) is 28.1 Å². The third-order valence-electron chi connectivity index (χ3n) is 4.09. The molecule has 0 saturated heterocycles. The van der Waals surface area contributed by atoms with E-state index in [9.17, 15) is 14.7 Å². The molecule has 0 aliphatic heterocycles. The van der Waals surface area contributed by atoms with Crippen molar-refractivity contribution in [3.8, 4) is 0 Å². The van der Waals surface area contributed by atoms with Gasteiger partial charge >= 0.3 is 5.97 Å². The van der Waals surface area contributed by atoms with Gasteiger partial charge in [-0.3, -0.25) is 9.59 Å². The van der Waals surface area contributed by atoms with Gasteiger partial charge in [0.15, 0.2) is 0 Å². The number of aliphatic carboxylic acids is 1. The van der Waals surface area contributed by atoms with Gasteiger partial charge in [0.1, 0.15) is 5.69 Å². The van der Waals surface area contributed by atoms with Crippen molar-refractivity contribution in [2.45, 2.75) is 45.6 Å². The van der Waals surface area contributed by atoms with Crippen molar-refractivity contribution in [1.82, 2.24) is 9.88 Å². The van der Waals surface area contributed by atoms with Crippen LogP contribution < -0.4 is 5.32 Å². The van der Waals surface area contributed by atoms with E-state index in [-0.39, 0.29) is 12.5 Å². The van der Waals surface area contributed by atoms with Gasteiger partial charge in [-0.15, -0.1) is 0 Å². The van der Waals surface area contributed by atoms with E-state index in [4.69, 9.17) is 0 Å². The van der Waals surface area contributed by atoms with Crippen LogP contribution in [0.3, 0.4) is 0 Å². The lowest BCUT2D eigenvalue weighted by Gasteiger charge is -2.28. The highest BCUT2D eigenvalue weighted by Crippen LogP contribution is 2.32. The smallest absolute Gasteiger partial charge is 0.308 e. The zero-order valence-electron chi connectivity index (χ0n) is 12.7. The lowest BCUT2D eigenvalue weighted by atomic mass is 9.93. The summed E-state index contributed by atoms with van der Waals surface area (Å²) in [6.07, 6.45) is 5.93. The highest BCUT2D eigenvalue weighted by atomic mass is 16.4. The average molecular weight is 292 g/mol. The standard InChI is InChI=1S/C16H24N2O3/c1-11(2)9-12(16(20)21)10-17-15(19)14-7-4-8-18(14)13-5-3-6-13/h4,7-8,11-13H,3,5-6,9-10H2,1-2H3,(H,17,19)(H,20,21). The van der Waals surface area contributed by atoms with E-state index in [1.165, 1.54) is 6.42 Å². The number of carbonyl (C=O) groups is 2. The zero-order chi connectivity index (χ0) is 15.4. The maximum Gasteiger partial charge on any atom is 0.308 e. The Morgan fingerprint density at radius 3 is 2.67 bits per heavy atom. The molecule has 5 heteroatoms. The molecule has 0 radical (unpaired) electrons. The second-order valence-electron chi connectivity index (χ2n) is 6.26. The first-order chi connectivity index (χ1) is 9.99. The van der Waals surface area contributed by atoms with Crippen LogP contribution in [0.25, 0.3) is 0 Å². The number of amides is 1. The van der Waals surface area contributed by atoms with Gasteiger partial charge in [0.2, 0.25) is 0 Å². The molecule has 1 aliphatic rings. The van der Waals surface area contributed by atoms with E-state index in [0.717, 1.165) is 12.8 Å². The van der Waals surface area contributed by atoms with Crippen molar-refractivity contribution >= 4 is 11.9 Å². The van der Waals surface area contributed by atoms with Crippen molar-refractivity contribution in [3.05, 3.63) is 24.0 Å². The van der Waals surface area contributed by atoms with E-state index in [2.05, 4.69) is 5.32 Å². The Kier molecular flexibility index (Phi) is 5.04. The summed E-state index contributed by atoms with van der Waals surface area (Å²) < 4.78 is 2.01. The van der Waals surface area contributed by atoms with E-state index >= 15 is 0 Å². The van der Waals surface area contributed by atoms with Crippen molar-refractivity contribution in [3.63, 3.8) is 0 Å². The molecule has 1 fully saturated rings. The van der Waals surface area contributed by atoms with Gasteiger partial charge in [-0.2, -0.15) is 0 Å². The molecule has 2 N–H and O–H groups in total. The van der Waals surface area contributed by atoms with Crippen LogP contribution in [0.1, 0.15) is 56.1 Å². The summed E-state index contributed by atoms with van der Waals surface area (Å²) >= 11 is 0. The Bertz CT molecular complexity index is 503. The summed E-state index contributed by atoms with van der Waals surface area (Å²) in [7, 11) is 0. The lowest BCUT2D eigenvalue weighted by Crippen LogP contribution is -2.35. The molecule has 1 aliphatic carbocycles. The first kappa shape index (κ1) is 15.6. The molecule has 1 atom stereocenters. The summed E-state index contributed by atoms with van der Waals surface area (Å²) in [6, 6.07) is 4.09. The van der Waals surface area contributed by atoms with Gasteiger partial charge in [0.05, 0.1) is 5.92 Å². The summed E-state index contributed by atoms with van der Waals surface area (Å²) in [5, 5.41) is 12.0. The molecule has 0 spiro atoms. The normalized spacial score (nSPS) is 16.5. The minimum Gasteiger partial charge on any atom is -0.481 e. The van der Waals surface area contributed by atoms with Crippen LogP contribution in [0.15, 0.2) is 18.3 Å². The maximum absolute atomic E-state index is 12.3. The van der Waals surface area contributed by atoms with E-state index in [1.807, 2.05) is 30.7 Å². The number of carboxylic acid groups (broad SMARTS) is 1. The predicted molar refractivity (Wildman–Crippen MR) is 80.2 cm³/mol. The van der Waals surface area contributed by atoms with Crippen LogP contribution in [0, 0.1) is 11.8 Å². The molecular formula is C16H24N2O3. The number of carboxylic acids is 1. The predicted octanol–water partition coefficient (Wildman–Crippen LogP) is 2.69. The van der Waals surface area contributed by atoms with Gasteiger partial charge in [-0.05, 0) is 43.7 Å². The van der Waals surface area contributed by atoms with Gasteiger partial charge in [-0.25, -0.2) is 0 Å². The van der Waals surface area contributed by atoms with E-state index < -0.39 is 11.9 Å². The van der Waals surface area contributed by atoms with Crippen molar-refractivity contribution < 1.29 is 14.7 Å². The third-order valence-corrected chi connectivity index (χ3v) is 4.09. The first-order valence-corrected chi connectivity index (χ1v) is 7.67. The minimum absolute atomic E-state index is 0.179. The molecule has 0 bridgehead atoms. The molecule has 21 heavy (non-hydrogen) atoms. The molecule has 2 rings (SSSR count). The van der Waals surface area contributed by atoms with Crippen LogP contribution in [0.2, 0.25) is 0 Å². The molecule has 1 unspecified atom stereocenters. The Morgan fingerprint density at radius 2 is 2.14 bits per heavy atom. The van der Waals surface area contributed by atoms with Gasteiger partial charge in [-0.1, -0.05) is 13.8 Å².